The number of carbonyl (C=O) groups is 1. The van der Waals surface area contributed by atoms with Crippen molar-refractivity contribution in [1.82, 2.24) is 0 Å². The number of anilines is 1. The quantitative estimate of drug-likeness (QED) is 0.584. The van der Waals surface area contributed by atoms with Crippen LogP contribution in [0.4, 0.5) is 5.69 Å². The van der Waals surface area contributed by atoms with Crippen molar-refractivity contribution >= 4 is 11.6 Å². The number of rotatable bonds is 1. The van der Waals surface area contributed by atoms with Crippen LogP contribution in [0.2, 0.25) is 0 Å². The van der Waals surface area contributed by atoms with E-state index >= 15 is 0 Å². The molecule has 1 amide bonds. The van der Waals surface area contributed by atoms with Crippen molar-refractivity contribution in [1.29, 1.82) is 0 Å². The maximum atomic E-state index is 10.5. The SMILES string of the molecule is CC(=O)Nc1[c-]cccc1.[Pd]. The molecule has 0 aliphatic carbocycles. The minimum atomic E-state index is -0.0672. The van der Waals surface area contributed by atoms with Crippen LogP contribution < -0.4 is 5.32 Å². The van der Waals surface area contributed by atoms with Crippen LogP contribution in [-0.4, -0.2) is 5.91 Å². The second-order valence-corrected chi connectivity index (χ2v) is 1.96. The van der Waals surface area contributed by atoms with E-state index in [2.05, 4.69) is 11.4 Å². The van der Waals surface area contributed by atoms with Crippen molar-refractivity contribution in [2.75, 3.05) is 5.32 Å². The first-order chi connectivity index (χ1) is 4.79. The largest absolute Gasteiger partial charge is 0.350 e. The number of benzene rings is 1. The fraction of sp³-hybridized carbons (Fsp3) is 0.125. The molecule has 0 aliphatic rings. The van der Waals surface area contributed by atoms with Gasteiger partial charge in [0, 0.05) is 27.3 Å². The van der Waals surface area contributed by atoms with Crippen LogP contribution in [0.15, 0.2) is 24.3 Å². The molecular formula is C8H8NOPd-. The Bertz CT molecular complexity index is 223. The standard InChI is InChI=1S/C8H8NO.Pd/c1-7(10)9-8-5-3-2-4-6-8;/h2-5H,1H3,(H,9,10);/q-1;. The third kappa shape index (κ3) is 3.92. The Morgan fingerprint density at radius 1 is 1.55 bits per heavy atom. The van der Waals surface area contributed by atoms with Crippen molar-refractivity contribution in [3.8, 4) is 0 Å². The Hall–Kier alpha value is -0.648. The van der Waals surface area contributed by atoms with Gasteiger partial charge in [-0.2, -0.15) is 24.3 Å². The molecule has 1 aromatic rings. The van der Waals surface area contributed by atoms with E-state index in [4.69, 9.17) is 0 Å². The molecule has 0 radical (unpaired) electrons. The van der Waals surface area contributed by atoms with Crippen LogP contribution in [0.3, 0.4) is 0 Å². The molecule has 0 aromatic heterocycles. The van der Waals surface area contributed by atoms with Crippen molar-refractivity contribution in [3.63, 3.8) is 0 Å². The van der Waals surface area contributed by atoms with Crippen LogP contribution in [0.5, 0.6) is 0 Å². The van der Waals surface area contributed by atoms with Gasteiger partial charge in [-0.1, -0.05) is 5.69 Å². The molecule has 0 saturated carbocycles. The third-order valence-electron chi connectivity index (χ3n) is 1.02. The van der Waals surface area contributed by atoms with Crippen LogP contribution in [-0.2, 0) is 25.2 Å². The van der Waals surface area contributed by atoms with E-state index in [9.17, 15) is 4.79 Å². The molecule has 0 bridgehead atoms. The van der Waals surface area contributed by atoms with Crippen molar-refractivity contribution < 1.29 is 25.2 Å². The van der Waals surface area contributed by atoms with Gasteiger partial charge in [0.2, 0.25) is 5.91 Å². The third-order valence-corrected chi connectivity index (χ3v) is 1.02. The van der Waals surface area contributed by atoms with Gasteiger partial charge >= 0.3 is 0 Å². The van der Waals surface area contributed by atoms with E-state index in [1.807, 2.05) is 12.1 Å². The van der Waals surface area contributed by atoms with E-state index in [0.717, 1.165) is 5.69 Å². The fourth-order valence-corrected chi connectivity index (χ4v) is 0.661. The van der Waals surface area contributed by atoms with Crippen molar-refractivity contribution in [3.05, 3.63) is 30.3 Å². The predicted molar refractivity (Wildman–Crippen MR) is 39.6 cm³/mol. The summed E-state index contributed by atoms with van der Waals surface area (Å²) in [6.45, 7) is 1.47. The number of carbonyl (C=O) groups excluding carboxylic acids is 1. The van der Waals surface area contributed by atoms with Gasteiger partial charge in [0.1, 0.15) is 0 Å². The van der Waals surface area contributed by atoms with Crippen molar-refractivity contribution in [2.24, 2.45) is 0 Å². The first kappa shape index (κ1) is 10.4. The molecule has 0 spiro atoms. The molecule has 0 aliphatic heterocycles. The average Bonchev–Trinajstić information content (AvgIpc) is 1.88. The van der Waals surface area contributed by atoms with Crippen LogP contribution in [0.25, 0.3) is 0 Å². The minimum Gasteiger partial charge on any atom is -0.350 e. The van der Waals surface area contributed by atoms with Crippen LogP contribution in [0, 0.1) is 6.07 Å². The van der Waals surface area contributed by atoms with Gasteiger partial charge in [0.15, 0.2) is 0 Å². The van der Waals surface area contributed by atoms with Gasteiger partial charge in [-0.3, -0.25) is 4.79 Å². The summed E-state index contributed by atoms with van der Waals surface area (Å²) < 4.78 is 0. The van der Waals surface area contributed by atoms with Gasteiger partial charge in [-0.25, -0.2) is 0 Å². The van der Waals surface area contributed by atoms with E-state index in [1.165, 1.54) is 6.92 Å². The summed E-state index contributed by atoms with van der Waals surface area (Å²) in [4.78, 5) is 10.5. The topological polar surface area (TPSA) is 29.1 Å². The number of amides is 1. The zero-order valence-corrected chi connectivity index (χ0v) is 7.59. The molecule has 1 rings (SSSR count). The molecule has 0 saturated heterocycles. The summed E-state index contributed by atoms with van der Waals surface area (Å²) in [6, 6.07) is 10.1. The summed E-state index contributed by atoms with van der Waals surface area (Å²) in [5, 5.41) is 2.61. The number of hydrogen-bond donors (Lipinski definition) is 1. The summed E-state index contributed by atoms with van der Waals surface area (Å²) in [7, 11) is 0. The Morgan fingerprint density at radius 3 is 2.73 bits per heavy atom. The zero-order chi connectivity index (χ0) is 7.40. The molecule has 11 heavy (non-hydrogen) atoms. The van der Waals surface area contributed by atoms with Gasteiger partial charge in [0.25, 0.3) is 0 Å². The normalized spacial score (nSPS) is 8.09. The first-order valence-corrected chi connectivity index (χ1v) is 3.03. The molecule has 0 fully saturated rings. The van der Waals surface area contributed by atoms with E-state index in [1.54, 1.807) is 12.1 Å². The van der Waals surface area contributed by atoms with Gasteiger partial charge < -0.3 is 5.32 Å². The Kier molecular flexibility index (Phi) is 4.76. The summed E-state index contributed by atoms with van der Waals surface area (Å²) in [5.74, 6) is -0.0672. The van der Waals surface area contributed by atoms with Crippen LogP contribution in [0.1, 0.15) is 6.92 Å². The molecule has 62 valence electrons. The maximum Gasteiger partial charge on any atom is 0.219 e. The molecule has 0 atom stereocenters. The molecule has 0 unspecified atom stereocenters. The Balaban J connectivity index is 0.000001000. The summed E-state index contributed by atoms with van der Waals surface area (Å²) in [6.07, 6.45) is 0. The predicted octanol–water partition coefficient (Wildman–Crippen LogP) is 1.44. The van der Waals surface area contributed by atoms with Gasteiger partial charge in [-0.05, 0) is 0 Å². The molecule has 0 heterocycles. The smallest absolute Gasteiger partial charge is 0.219 e. The molecule has 1 N–H and O–H groups in total. The Labute approximate surface area is 79.7 Å². The van der Waals surface area contributed by atoms with Crippen molar-refractivity contribution in [2.45, 2.75) is 6.92 Å². The molecule has 3 heteroatoms. The zero-order valence-electron chi connectivity index (χ0n) is 6.03. The van der Waals surface area contributed by atoms with Gasteiger partial charge in [0.05, 0.1) is 0 Å². The molecule has 2 nitrogen and oxygen atoms in total. The van der Waals surface area contributed by atoms with E-state index < -0.39 is 0 Å². The van der Waals surface area contributed by atoms with Gasteiger partial charge in [-0.15, -0.1) is 6.07 Å². The maximum absolute atomic E-state index is 10.5. The van der Waals surface area contributed by atoms with E-state index in [0.29, 0.717) is 0 Å². The molecule has 1 aromatic carbocycles. The summed E-state index contributed by atoms with van der Waals surface area (Å²) >= 11 is 0. The van der Waals surface area contributed by atoms with E-state index in [-0.39, 0.29) is 26.3 Å². The number of hydrogen-bond acceptors (Lipinski definition) is 1. The summed E-state index contributed by atoms with van der Waals surface area (Å²) in [5.41, 5.74) is 0.718. The minimum absolute atomic E-state index is 0. The first-order valence-electron chi connectivity index (χ1n) is 3.03. The number of para-hydroxylation sites is 1. The average molecular weight is 241 g/mol. The second-order valence-electron chi connectivity index (χ2n) is 1.96. The number of nitrogens with one attached hydrogen (secondary N) is 1. The monoisotopic (exact) mass is 240 g/mol. The van der Waals surface area contributed by atoms with Crippen LogP contribution >= 0.6 is 0 Å². The Morgan fingerprint density at radius 2 is 2.27 bits per heavy atom. The fourth-order valence-electron chi connectivity index (χ4n) is 0.661. The molecular weight excluding hydrogens is 233 g/mol. The second kappa shape index (κ2) is 5.06.